The first kappa shape index (κ1) is 19.3. The highest BCUT2D eigenvalue weighted by Crippen LogP contribution is 2.16. The molecular formula is C21H16ClN3O3. The Kier molecular flexibility index (Phi) is 5.81. The first-order chi connectivity index (χ1) is 13.4. The molecule has 0 aliphatic carbocycles. The largest absolute Gasteiger partial charge is 0.322 e. The minimum atomic E-state index is -0.463. The molecule has 2 aromatic carbocycles. The summed E-state index contributed by atoms with van der Waals surface area (Å²) >= 11 is 5.91. The lowest BCUT2D eigenvalue weighted by Crippen LogP contribution is -2.17. The van der Waals surface area contributed by atoms with Gasteiger partial charge in [-0.15, -0.1) is 0 Å². The van der Waals surface area contributed by atoms with Crippen molar-refractivity contribution in [1.29, 1.82) is 0 Å². The Morgan fingerprint density at radius 2 is 1.50 bits per heavy atom. The van der Waals surface area contributed by atoms with Crippen LogP contribution in [0.25, 0.3) is 0 Å². The van der Waals surface area contributed by atoms with Gasteiger partial charge in [-0.05, 0) is 49.4 Å². The number of Topliss-reactive ketones (excluding diaryl/α,β-unsaturated/α-hetero) is 1. The maximum atomic E-state index is 12.5. The third-order valence-corrected chi connectivity index (χ3v) is 4.10. The number of aromatic nitrogens is 1. The lowest BCUT2D eigenvalue weighted by atomic mass is 10.1. The molecule has 3 aromatic rings. The lowest BCUT2D eigenvalue weighted by molar-refractivity contribution is 0.100. The first-order valence-corrected chi connectivity index (χ1v) is 8.75. The van der Waals surface area contributed by atoms with Gasteiger partial charge in [0.2, 0.25) is 0 Å². The predicted octanol–water partition coefficient (Wildman–Crippen LogP) is 4.44. The molecule has 0 radical (unpaired) electrons. The zero-order chi connectivity index (χ0) is 20.1. The Hall–Kier alpha value is -3.51. The highest BCUT2D eigenvalue weighted by molar-refractivity contribution is 6.31. The maximum Gasteiger partial charge on any atom is 0.274 e. The highest BCUT2D eigenvalue weighted by Gasteiger charge is 2.13. The number of nitrogens with one attached hydrogen (secondary N) is 2. The summed E-state index contributed by atoms with van der Waals surface area (Å²) in [6.07, 6.45) is 1.38. The van der Waals surface area contributed by atoms with E-state index in [9.17, 15) is 14.4 Å². The number of carbonyl (C=O) groups excluding carboxylic acids is 3. The molecule has 6 nitrogen and oxygen atoms in total. The van der Waals surface area contributed by atoms with Crippen LogP contribution in [-0.2, 0) is 0 Å². The minimum absolute atomic E-state index is 0.0881. The molecule has 1 aromatic heterocycles. The first-order valence-electron chi connectivity index (χ1n) is 8.38. The monoisotopic (exact) mass is 393 g/mol. The van der Waals surface area contributed by atoms with Crippen molar-refractivity contribution < 1.29 is 14.4 Å². The van der Waals surface area contributed by atoms with Gasteiger partial charge in [0.25, 0.3) is 11.8 Å². The number of carbonyl (C=O) groups is 3. The van der Waals surface area contributed by atoms with Crippen LogP contribution in [0.4, 0.5) is 11.4 Å². The smallest absolute Gasteiger partial charge is 0.274 e. The van der Waals surface area contributed by atoms with Crippen molar-refractivity contribution in [2.75, 3.05) is 10.6 Å². The van der Waals surface area contributed by atoms with Gasteiger partial charge in [0.1, 0.15) is 5.69 Å². The van der Waals surface area contributed by atoms with Crippen LogP contribution in [0.2, 0.25) is 5.02 Å². The molecule has 0 aliphatic rings. The molecule has 0 spiro atoms. The number of hydrogen-bond donors (Lipinski definition) is 2. The molecule has 0 atom stereocenters. The lowest BCUT2D eigenvalue weighted by Gasteiger charge is -2.08. The molecule has 0 bridgehead atoms. The van der Waals surface area contributed by atoms with Crippen LogP contribution in [-0.4, -0.2) is 22.6 Å². The van der Waals surface area contributed by atoms with Gasteiger partial charge < -0.3 is 10.6 Å². The molecule has 28 heavy (non-hydrogen) atoms. The Morgan fingerprint density at radius 3 is 2.21 bits per heavy atom. The minimum Gasteiger partial charge on any atom is -0.322 e. The molecule has 0 unspecified atom stereocenters. The number of amides is 2. The fourth-order valence-corrected chi connectivity index (χ4v) is 2.67. The Bertz CT molecular complexity index is 1070. The van der Waals surface area contributed by atoms with Crippen molar-refractivity contribution in [3.63, 3.8) is 0 Å². The normalized spacial score (nSPS) is 10.2. The number of halogens is 1. The molecule has 7 heteroatoms. The summed E-state index contributed by atoms with van der Waals surface area (Å²) in [5, 5.41) is 5.88. The van der Waals surface area contributed by atoms with Crippen LogP contribution in [0, 0.1) is 0 Å². The second-order valence-corrected chi connectivity index (χ2v) is 6.42. The standard InChI is InChI=1S/C21H16ClN3O3/c1-13(26)14-4-2-6-17(10-14)24-20(27)15-8-9-23-19(11-15)21(28)25-18-7-3-5-16(22)12-18/h2-12H,1H3,(H,24,27)(H,25,28). The van der Waals surface area contributed by atoms with Crippen LogP contribution in [0.5, 0.6) is 0 Å². The van der Waals surface area contributed by atoms with E-state index in [0.29, 0.717) is 22.0 Å². The zero-order valence-electron chi connectivity index (χ0n) is 14.9. The molecule has 0 aliphatic heterocycles. The van der Waals surface area contributed by atoms with E-state index in [1.807, 2.05) is 0 Å². The summed E-state index contributed by atoms with van der Waals surface area (Å²) in [5.41, 5.74) is 1.85. The molecule has 0 fully saturated rings. The topological polar surface area (TPSA) is 88.2 Å². The van der Waals surface area contributed by atoms with Gasteiger partial charge in [0, 0.05) is 33.7 Å². The molecule has 2 amide bonds. The highest BCUT2D eigenvalue weighted by atomic mass is 35.5. The predicted molar refractivity (Wildman–Crippen MR) is 108 cm³/mol. The number of rotatable bonds is 5. The molecule has 2 N–H and O–H groups in total. The van der Waals surface area contributed by atoms with Gasteiger partial charge in [-0.25, -0.2) is 0 Å². The van der Waals surface area contributed by atoms with E-state index in [-0.39, 0.29) is 17.0 Å². The summed E-state index contributed by atoms with van der Waals surface area (Å²) in [6, 6.07) is 16.2. The van der Waals surface area contributed by atoms with E-state index in [2.05, 4.69) is 15.6 Å². The fourth-order valence-electron chi connectivity index (χ4n) is 2.48. The summed E-state index contributed by atoms with van der Waals surface area (Å²) in [5.74, 6) is -0.976. The molecule has 0 saturated heterocycles. The van der Waals surface area contributed by atoms with E-state index in [1.54, 1.807) is 48.5 Å². The second kappa shape index (κ2) is 8.45. The third-order valence-electron chi connectivity index (χ3n) is 3.86. The molecular weight excluding hydrogens is 378 g/mol. The van der Waals surface area contributed by atoms with Gasteiger partial charge in [-0.1, -0.05) is 29.8 Å². The number of hydrogen-bond acceptors (Lipinski definition) is 4. The summed E-state index contributed by atoms with van der Waals surface area (Å²) in [6.45, 7) is 1.45. The second-order valence-electron chi connectivity index (χ2n) is 5.99. The molecule has 3 rings (SSSR count). The summed E-state index contributed by atoms with van der Waals surface area (Å²) < 4.78 is 0. The number of nitrogens with zero attached hydrogens (tertiary/aromatic N) is 1. The van der Waals surface area contributed by atoms with E-state index in [1.165, 1.54) is 25.3 Å². The summed E-state index contributed by atoms with van der Waals surface area (Å²) in [4.78, 5) is 40.4. The molecule has 1 heterocycles. The Labute approximate surface area is 166 Å². The van der Waals surface area contributed by atoms with Crippen molar-refractivity contribution in [3.05, 3.63) is 88.7 Å². The Balaban J connectivity index is 1.75. The molecule has 0 saturated carbocycles. The average molecular weight is 394 g/mol. The van der Waals surface area contributed by atoms with Crippen molar-refractivity contribution in [3.8, 4) is 0 Å². The molecule has 140 valence electrons. The third kappa shape index (κ3) is 4.81. The zero-order valence-corrected chi connectivity index (χ0v) is 15.7. The van der Waals surface area contributed by atoms with Crippen LogP contribution in [0.1, 0.15) is 38.1 Å². The van der Waals surface area contributed by atoms with Crippen LogP contribution in [0.3, 0.4) is 0 Å². The van der Waals surface area contributed by atoms with Gasteiger partial charge in [0.05, 0.1) is 0 Å². The van der Waals surface area contributed by atoms with Crippen molar-refractivity contribution >= 4 is 40.6 Å². The van der Waals surface area contributed by atoms with Crippen LogP contribution < -0.4 is 10.6 Å². The van der Waals surface area contributed by atoms with Gasteiger partial charge in [0.15, 0.2) is 5.78 Å². The van der Waals surface area contributed by atoms with Crippen molar-refractivity contribution in [2.45, 2.75) is 6.92 Å². The van der Waals surface area contributed by atoms with Gasteiger partial charge >= 0.3 is 0 Å². The Morgan fingerprint density at radius 1 is 0.821 bits per heavy atom. The fraction of sp³-hybridized carbons (Fsp3) is 0.0476. The van der Waals surface area contributed by atoms with Gasteiger partial charge in [-0.3, -0.25) is 19.4 Å². The van der Waals surface area contributed by atoms with E-state index >= 15 is 0 Å². The van der Waals surface area contributed by atoms with E-state index < -0.39 is 11.8 Å². The van der Waals surface area contributed by atoms with E-state index in [4.69, 9.17) is 11.6 Å². The maximum absolute atomic E-state index is 12.5. The van der Waals surface area contributed by atoms with E-state index in [0.717, 1.165) is 0 Å². The average Bonchev–Trinajstić information content (AvgIpc) is 2.68. The van der Waals surface area contributed by atoms with Crippen molar-refractivity contribution in [2.24, 2.45) is 0 Å². The van der Waals surface area contributed by atoms with Gasteiger partial charge in [-0.2, -0.15) is 0 Å². The van der Waals surface area contributed by atoms with Crippen LogP contribution in [0.15, 0.2) is 66.9 Å². The number of anilines is 2. The number of ketones is 1. The van der Waals surface area contributed by atoms with Crippen LogP contribution >= 0.6 is 11.6 Å². The quantitative estimate of drug-likeness (QED) is 0.627. The summed E-state index contributed by atoms with van der Waals surface area (Å²) in [7, 11) is 0. The van der Waals surface area contributed by atoms with Crippen molar-refractivity contribution in [1.82, 2.24) is 4.98 Å². The SMILES string of the molecule is CC(=O)c1cccc(NC(=O)c2ccnc(C(=O)Nc3cccc(Cl)c3)c2)c1. The number of benzene rings is 2. The number of pyridine rings is 1.